The topological polar surface area (TPSA) is 66.4 Å². The maximum absolute atomic E-state index is 11.5. The van der Waals surface area contributed by atoms with E-state index in [4.69, 9.17) is 5.11 Å². The average molecular weight is 255 g/mol. The Morgan fingerprint density at radius 2 is 2.06 bits per heavy atom. The smallest absolute Gasteiger partial charge is 0.233 e. The van der Waals surface area contributed by atoms with Gasteiger partial charge in [-0.25, -0.2) is 0 Å². The van der Waals surface area contributed by atoms with Crippen LogP contribution in [0.25, 0.3) is 0 Å². The molecule has 2 atom stereocenters. The minimum atomic E-state index is -1.28. The average Bonchev–Trinajstić information content (AvgIpc) is 2.30. The van der Waals surface area contributed by atoms with Gasteiger partial charge >= 0.3 is 0 Å². The summed E-state index contributed by atoms with van der Waals surface area (Å²) in [6.07, 6.45) is 0. The Labute approximate surface area is 104 Å². The zero-order valence-corrected chi connectivity index (χ0v) is 10.6. The highest BCUT2D eigenvalue weighted by atomic mass is 32.2. The van der Waals surface area contributed by atoms with Gasteiger partial charge in [0.25, 0.3) is 0 Å². The van der Waals surface area contributed by atoms with Crippen molar-refractivity contribution in [2.24, 2.45) is 0 Å². The van der Waals surface area contributed by atoms with Crippen LogP contribution < -0.4 is 5.32 Å². The summed E-state index contributed by atoms with van der Waals surface area (Å²) in [5, 5.41) is 11.4. The zero-order valence-electron chi connectivity index (χ0n) is 9.76. The van der Waals surface area contributed by atoms with Crippen molar-refractivity contribution in [3.63, 3.8) is 0 Å². The number of benzene rings is 1. The number of hydrogen-bond donors (Lipinski definition) is 2. The van der Waals surface area contributed by atoms with Crippen LogP contribution in [0.2, 0.25) is 0 Å². The Bertz CT molecular complexity index is 381. The summed E-state index contributed by atoms with van der Waals surface area (Å²) in [6.45, 7) is 1.72. The highest BCUT2D eigenvalue weighted by Crippen LogP contribution is 2.10. The van der Waals surface area contributed by atoms with E-state index in [-0.39, 0.29) is 30.1 Å². The quantitative estimate of drug-likeness (QED) is 0.782. The first-order chi connectivity index (χ1) is 8.13. The minimum Gasteiger partial charge on any atom is -0.395 e. The predicted molar refractivity (Wildman–Crippen MR) is 68.0 cm³/mol. The first-order valence-corrected chi connectivity index (χ1v) is 6.92. The molecule has 0 aliphatic heterocycles. The van der Waals surface area contributed by atoms with Crippen LogP contribution in [0.4, 0.5) is 0 Å². The van der Waals surface area contributed by atoms with Crippen LogP contribution in [0.3, 0.4) is 0 Å². The molecule has 0 bridgehead atoms. The second kappa shape index (κ2) is 7.19. The lowest BCUT2D eigenvalue weighted by molar-refractivity contribution is -0.119. The molecule has 5 heteroatoms. The number of aliphatic hydroxyl groups is 1. The molecule has 0 saturated carbocycles. The Kier molecular flexibility index (Phi) is 5.86. The molecule has 1 aromatic carbocycles. The molecule has 1 aromatic rings. The molecule has 1 amide bonds. The lowest BCUT2D eigenvalue weighted by Crippen LogP contribution is -2.31. The SMILES string of the molecule is CC(NC(=O)CS(=O)CCO)c1ccccc1. The lowest BCUT2D eigenvalue weighted by atomic mass is 10.1. The largest absolute Gasteiger partial charge is 0.395 e. The van der Waals surface area contributed by atoms with E-state index < -0.39 is 10.8 Å². The summed E-state index contributed by atoms with van der Waals surface area (Å²) in [5.41, 5.74) is 1.01. The molecular formula is C12H17NO3S. The number of hydrogen-bond acceptors (Lipinski definition) is 3. The number of nitrogens with one attached hydrogen (secondary N) is 1. The van der Waals surface area contributed by atoms with Crippen molar-refractivity contribution in [2.75, 3.05) is 18.1 Å². The summed E-state index contributed by atoms with van der Waals surface area (Å²) in [7, 11) is -1.28. The fraction of sp³-hybridized carbons (Fsp3) is 0.417. The van der Waals surface area contributed by atoms with Crippen molar-refractivity contribution in [1.29, 1.82) is 0 Å². The van der Waals surface area contributed by atoms with E-state index in [2.05, 4.69) is 5.32 Å². The fourth-order valence-electron chi connectivity index (χ4n) is 1.43. The van der Waals surface area contributed by atoms with E-state index in [0.29, 0.717) is 0 Å². The molecule has 2 unspecified atom stereocenters. The van der Waals surface area contributed by atoms with Gasteiger partial charge in [0.15, 0.2) is 0 Å². The van der Waals surface area contributed by atoms with Crippen molar-refractivity contribution in [3.8, 4) is 0 Å². The van der Waals surface area contributed by atoms with Crippen LogP contribution in [0.1, 0.15) is 18.5 Å². The van der Waals surface area contributed by atoms with Crippen LogP contribution in [0, 0.1) is 0 Å². The van der Waals surface area contributed by atoms with Gasteiger partial charge < -0.3 is 10.4 Å². The molecule has 0 aliphatic carbocycles. The number of carbonyl (C=O) groups is 1. The minimum absolute atomic E-state index is 0.0578. The number of carbonyl (C=O) groups excluding carboxylic acids is 1. The van der Waals surface area contributed by atoms with Crippen molar-refractivity contribution in [3.05, 3.63) is 35.9 Å². The molecule has 0 aromatic heterocycles. The van der Waals surface area contributed by atoms with Gasteiger partial charge in [0.1, 0.15) is 5.75 Å². The van der Waals surface area contributed by atoms with Gasteiger partial charge in [-0.2, -0.15) is 0 Å². The molecule has 0 spiro atoms. The van der Waals surface area contributed by atoms with Gasteiger partial charge in [0.05, 0.1) is 12.6 Å². The number of amides is 1. The van der Waals surface area contributed by atoms with Crippen LogP contribution in [-0.4, -0.2) is 33.3 Å². The second-order valence-corrected chi connectivity index (χ2v) is 5.29. The highest BCUT2D eigenvalue weighted by Gasteiger charge is 2.11. The monoisotopic (exact) mass is 255 g/mol. The Balaban J connectivity index is 2.44. The molecule has 0 fully saturated rings. The van der Waals surface area contributed by atoms with Gasteiger partial charge in [-0.3, -0.25) is 9.00 Å². The standard InChI is InChI=1S/C12H17NO3S/c1-10(11-5-3-2-4-6-11)13-12(15)9-17(16)8-7-14/h2-6,10,14H,7-9H2,1H3,(H,13,15). The summed E-state index contributed by atoms with van der Waals surface area (Å²) < 4.78 is 11.3. The molecule has 0 saturated heterocycles. The Morgan fingerprint density at radius 1 is 1.41 bits per heavy atom. The van der Waals surface area contributed by atoms with Gasteiger partial charge in [-0.15, -0.1) is 0 Å². The van der Waals surface area contributed by atoms with Crippen molar-refractivity contribution in [2.45, 2.75) is 13.0 Å². The molecule has 0 aliphatic rings. The van der Waals surface area contributed by atoms with Gasteiger partial charge in [-0.05, 0) is 12.5 Å². The second-order valence-electron chi connectivity index (χ2n) is 3.71. The van der Waals surface area contributed by atoms with Crippen molar-refractivity contribution in [1.82, 2.24) is 5.32 Å². The Hall–Kier alpha value is -1.20. The first-order valence-electron chi connectivity index (χ1n) is 5.43. The van der Waals surface area contributed by atoms with Crippen LogP contribution in [-0.2, 0) is 15.6 Å². The molecule has 2 N–H and O–H groups in total. The number of aliphatic hydroxyl groups excluding tert-OH is 1. The highest BCUT2D eigenvalue weighted by molar-refractivity contribution is 7.85. The molecule has 17 heavy (non-hydrogen) atoms. The molecule has 1 rings (SSSR count). The Morgan fingerprint density at radius 3 is 2.65 bits per heavy atom. The summed E-state index contributed by atoms with van der Waals surface area (Å²) in [4.78, 5) is 11.5. The summed E-state index contributed by atoms with van der Waals surface area (Å²) in [5.74, 6) is -0.168. The maximum atomic E-state index is 11.5. The molecule has 0 heterocycles. The van der Waals surface area contributed by atoms with Crippen molar-refractivity contribution >= 4 is 16.7 Å². The van der Waals surface area contributed by atoms with Crippen LogP contribution in [0.5, 0.6) is 0 Å². The fourth-order valence-corrected chi connectivity index (χ4v) is 2.15. The van der Waals surface area contributed by atoms with E-state index in [1.807, 2.05) is 37.3 Å². The van der Waals surface area contributed by atoms with Gasteiger partial charge in [0.2, 0.25) is 5.91 Å². The van der Waals surface area contributed by atoms with Crippen LogP contribution in [0.15, 0.2) is 30.3 Å². The molecular weight excluding hydrogens is 238 g/mol. The third kappa shape index (κ3) is 5.10. The van der Waals surface area contributed by atoms with Crippen molar-refractivity contribution < 1.29 is 14.1 Å². The maximum Gasteiger partial charge on any atom is 0.233 e. The summed E-state index contributed by atoms with van der Waals surface area (Å²) >= 11 is 0. The van der Waals surface area contributed by atoms with Gasteiger partial charge in [-0.1, -0.05) is 30.3 Å². The lowest BCUT2D eigenvalue weighted by Gasteiger charge is -2.13. The van der Waals surface area contributed by atoms with Gasteiger partial charge in [0, 0.05) is 16.6 Å². The third-order valence-corrected chi connectivity index (χ3v) is 3.51. The number of rotatable bonds is 6. The van der Waals surface area contributed by atoms with E-state index in [9.17, 15) is 9.00 Å². The van der Waals surface area contributed by atoms with Crippen LogP contribution >= 0.6 is 0 Å². The predicted octanol–water partition coefficient (Wildman–Crippen LogP) is 0.605. The van der Waals surface area contributed by atoms with E-state index in [0.717, 1.165) is 5.56 Å². The molecule has 94 valence electrons. The van der Waals surface area contributed by atoms with E-state index >= 15 is 0 Å². The third-order valence-electron chi connectivity index (χ3n) is 2.29. The molecule has 0 radical (unpaired) electrons. The zero-order chi connectivity index (χ0) is 12.7. The van der Waals surface area contributed by atoms with E-state index in [1.165, 1.54) is 0 Å². The first kappa shape index (κ1) is 13.9. The summed E-state index contributed by atoms with van der Waals surface area (Å²) in [6, 6.07) is 9.47. The molecule has 4 nitrogen and oxygen atoms in total. The normalized spacial score (nSPS) is 14.0. The van der Waals surface area contributed by atoms with E-state index in [1.54, 1.807) is 0 Å².